The highest BCUT2D eigenvalue weighted by Gasteiger charge is 2.42. The molecular formula is C19H19NO4S. The first-order chi connectivity index (χ1) is 11.9. The Hall–Kier alpha value is -2.60. The van der Waals surface area contributed by atoms with Crippen LogP contribution in [0.5, 0.6) is 0 Å². The van der Waals surface area contributed by atoms with Gasteiger partial charge >= 0.3 is 6.09 Å². The number of carbonyl (C=O) groups is 1. The number of cyclic esters (lactones) is 1. The first-order valence-corrected chi connectivity index (χ1v) is 9.36. The predicted octanol–water partition coefficient (Wildman–Crippen LogP) is 3.82. The summed E-state index contributed by atoms with van der Waals surface area (Å²) in [7, 11) is -4.01. The number of ether oxygens (including phenoxy) is 1. The quantitative estimate of drug-likeness (QED) is 0.780. The molecule has 0 bridgehead atoms. The lowest BCUT2D eigenvalue weighted by molar-refractivity contribution is 0.0354. The van der Waals surface area contributed by atoms with Crippen molar-refractivity contribution in [2.75, 3.05) is 0 Å². The van der Waals surface area contributed by atoms with E-state index in [0.29, 0.717) is 6.42 Å². The van der Waals surface area contributed by atoms with Gasteiger partial charge in [-0.3, -0.25) is 0 Å². The van der Waals surface area contributed by atoms with Gasteiger partial charge in [-0.2, -0.15) is 4.31 Å². The molecule has 5 nitrogen and oxygen atoms in total. The largest absolute Gasteiger partial charge is 0.440 e. The molecule has 25 heavy (non-hydrogen) atoms. The summed E-state index contributed by atoms with van der Waals surface area (Å²) in [6, 6.07) is 15.0. The van der Waals surface area contributed by atoms with Crippen LogP contribution in [-0.2, 0) is 14.8 Å². The van der Waals surface area contributed by atoms with Crippen molar-refractivity contribution in [1.82, 2.24) is 4.31 Å². The van der Waals surface area contributed by atoms with Gasteiger partial charge in [0.05, 0.1) is 10.9 Å². The van der Waals surface area contributed by atoms with Gasteiger partial charge in [-0.25, -0.2) is 13.2 Å². The first kappa shape index (κ1) is 17.2. The molecule has 130 valence electrons. The van der Waals surface area contributed by atoms with Crippen LogP contribution in [0.3, 0.4) is 0 Å². The second kappa shape index (κ2) is 6.72. The Kier molecular flexibility index (Phi) is 4.63. The maximum Gasteiger partial charge on any atom is 0.425 e. The Morgan fingerprint density at radius 1 is 1.12 bits per heavy atom. The molecule has 2 aromatic rings. The molecule has 0 unspecified atom stereocenters. The number of aryl methyl sites for hydroxylation is 1. The van der Waals surface area contributed by atoms with Gasteiger partial charge in [0.15, 0.2) is 0 Å². The second-order valence-electron chi connectivity index (χ2n) is 5.94. The van der Waals surface area contributed by atoms with Gasteiger partial charge in [0.2, 0.25) is 0 Å². The van der Waals surface area contributed by atoms with E-state index in [2.05, 4.69) is 6.58 Å². The molecule has 1 heterocycles. The van der Waals surface area contributed by atoms with Crippen LogP contribution < -0.4 is 0 Å². The summed E-state index contributed by atoms with van der Waals surface area (Å²) in [5, 5.41) is 0. The number of amides is 1. The van der Waals surface area contributed by atoms with E-state index in [1.807, 2.05) is 37.3 Å². The van der Waals surface area contributed by atoms with E-state index in [0.717, 1.165) is 15.4 Å². The lowest BCUT2D eigenvalue weighted by atomic mass is 10.0. The van der Waals surface area contributed by atoms with E-state index in [9.17, 15) is 13.2 Å². The second-order valence-corrected chi connectivity index (χ2v) is 7.75. The van der Waals surface area contributed by atoms with Gasteiger partial charge in [0.1, 0.15) is 6.10 Å². The predicted molar refractivity (Wildman–Crippen MR) is 94.5 cm³/mol. The van der Waals surface area contributed by atoms with Gasteiger partial charge < -0.3 is 4.74 Å². The van der Waals surface area contributed by atoms with Crippen LogP contribution in [0.4, 0.5) is 4.79 Å². The maximum atomic E-state index is 12.9. The topological polar surface area (TPSA) is 63.7 Å². The molecule has 1 saturated heterocycles. The summed E-state index contributed by atoms with van der Waals surface area (Å²) in [4.78, 5) is 12.6. The van der Waals surface area contributed by atoms with Gasteiger partial charge in [0, 0.05) is 6.42 Å². The van der Waals surface area contributed by atoms with Crippen molar-refractivity contribution < 1.29 is 17.9 Å². The highest BCUT2D eigenvalue weighted by atomic mass is 32.2. The number of hydrogen-bond acceptors (Lipinski definition) is 4. The highest BCUT2D eigenvalue weighted by Crippen LogP contribution is 2.34. The molecule has 0 spiro atoms. The molecule has 1 aliphatic rings. The van der Waals surface area contributed by atoms with E-state index < -0.39 is 28.3 Å². The lowest BCUT2D eigenvalue weighted by Gasteiger charge is -2.36. The Labute approximate surface area is 147 Å². The highest BCUT2D eigenvalue weighted by molar-refractivity contribution is 7.89. The molecule has 1 amide bonds. The zero-order chi connectivity index (χ0) is 18.0. The summed E-state index contributed by atoms with van der Waals surface area (Å²) in [6.45, 7) is 5.57. The average Bonchev–Trinajstić information content (AvgIpc) is 2.61. The lowest BCUT2D eigenvalue weighted by Crippen LogP contribution is -2.48. The molecule has 2 aromatic carbocycles. The third-order valence-electron chi connectivity index (χ3n) is 4.20. The normalized spacial score (nSPS) is 20.8. The Morgan fingerprint density at radius 3 is 2.36 bits per heavy atom. The molecular weight excluding hydrogens is 338 g/mol. The van der Waals surface area contributed by atoms with E-state index in [-0.39, 0.29) is 4.90 Å². The van der Waals surface area contributed by atoms with E-state index >= 15 is 0 Å². The Morgan fingerprint density at radius 2 is 1.76 bits per heavy atom. The fraction of sp³-hybridized carbons (Fsp3) is 0.211. The summed E-state index contributed by atoms with van der Waals surface area (Å²) in [5.41, 5.74) is 1.76. The van der Waals surface area contributed by atoms with Crippen molar-refractivity contribution >= 4 is 16.1 Å². The molecule has 0 saturated carbocycles. The average molecular weight is 357 g/mol. The monoisotopic (exact) mass is 357 g/mol. The summed E-state index contributed by atoms with van der Waals surface area (Å²) < 4.78 is 32.0. The van der Waals surface area contributed by atoms with E-state index in [1.165, 1.54) is 18.2 Å². The first-order valence-electron chi connectivity index (χ1n) is 7.92. The molecule has 0 aromatic heterocycles. The van der Waals surface area contributed by atoms with Crippen LogP contribution in [-0.4, -0.2) is 24.9 Å². The summed E-state index contributed by atoms with van der Waals surface area (Å²) >= 11 is 0. The molecule has 0 aliphatic carbocycles. The van der Waals surface area contributed by atoms with Gasteiger partial charge in [-0.1, -0.05) is 54.1 Å². The van der Waals surface area contributed by atoms with Crippen LogP contribution in [0.1, 0.15) is 23.7 Å². The minimum Gasteiger partial charge on any atom is -0.440 e. The molecule has 2 atom stereocenters. The maximum absolute atomic E-state index is 12.9. The number of hydrogen-bond donors (Lipinski definition) is 0. The van der Waals surface area contributed by atoms with Crippen molar-refractivity contribution in [2.24, 2.45) is 0 Å². The van der Waals surface area contributed by atoms with Crippen molar-refractivity contribution in [2.45, 2.75) is 30.4 Å². The molecule has 0 N–H and O–H groups in total. The molecule has 0 radical (unpaired) electrons. The standard InChI is InChI=1S/C19H19NO4S/c1-3-16-13-18(15-7-5-4-6-8-15)24-19(21)20(16)25(22,23)17-11-9-14(2)10-12-17/h3-12,16,18H,1,13H2,2H3/t16-,18+/m0/s1. The molecule has 1 fully saturated rings. The van der Waals surface area contributed by atoms with Crippen molar-refractivity contribution in [3.8, 4) is 0 Å². The third kappa shape index (κ3) is 3.30. The third-order valence-corrected chi connectivity index (χ3v) is 6.01. The van der Waals surface area contributed by atoms with Crippen LogP contribution in [0, 0.1) is 6.92 Å². The SMILES string of the molecule is C=C[C@H]1C[C@H](c2ccccc2)OC(=O)N1S(=O)(=O)c1ccc(C)cc1. The molecule has 3 rings (SSSR count). The van der Waals surface area contributed by atoms with Crippen LogP contribution in [0.15, 0.2) is 72.1 Å². The number of benzene rings is 2. The fourth-order valence-electron chi connectivity index (χ4n) is 2.84. The Bertz CT molecular complexity index is 875. The fourth-order valence-corrected chi connectivity index (χ4v) is 4.31. The van der Waals surface area contributed by atoms with Gasteiger partial charge in [-0.15, -0.1) is 6.58 Å². The van der Waals surface area contributed by atoms with Crippen molar-refractivity contribution in [3.63, 3.8) is 0 Å². The summed E-state index contributed by atoms with van der Waals surface area (Å²) in [5.74, 6) is 0. The number of carbonyl (C=O) groups excluding carboxylic acids is 1. The minimum absolute atomic E-state index is 0.0556. The Balaban J connectivity index is 1.93. The van der Waals surface area contributed by atoms with Crippen LogP contribution in [0.2, 0.25) is 0 Å². The molecule has 6 heteroatoms. The minimum atomic E-state index is -4.01. The number of rotatable bonds is 4. The van der Waals surface area contributed by atoms with E-state index in [4.69, 9.17) is 4.74 Å². The van der Waals surface area contributed by atoms with Gasteiger partial charge in [0.25, 0.3) is 10.0 Å². The van der Waals surface area contributed by atoms with Crippen molar-refractivity contribution in [1.29, 1.82) is 0 Å². The zero-order valence-corrected chi connectivity index (χ0v) is 14.6. The summed E-state index contributed by atoms with van der Waals surface area (Å²) in [6.07, 6.45) is 0.415. The van der Waals surface area contributed by atoms with Gasteiger partial charge in [-0.05, 0) is 24.6 Å². The zero-order valence-electron chi connectivity index (χ0n) is 13.8. The number of nitrogens with zero attached hydrogens (tertiary/aromatic N) is 1. The van der Waals surface area contributed by atoms with Crippen LogP contribution in [0.25, 0.3) is 0 Å². The smallest absolute Gasteiger partial charge is 0.425 e. The number of sulfonamides is 1. The van der Waals surface area contributed by atoms with Crippen molar-refractivity contribution in [3.05, 3.63) is 78.4 Å². The van der Waals surface area contributed by atoms with E-state index in [1.54, 1.807) is 12.1 Å². The van der Waals surface area contributed by atoms with Crippen LogP contribution >= 0.6 is 0 Å². The molecule has 1 aliphatic heterocycles.